The zero-order valence-corrected chi connectivity index (χ0v) is 26.6. The second-order valence-corrected chi connectivity index (χ2v) is 13.2. The molecule has 0 radical (unpaired) electrons. The van der Waals surface area contributed by atoms with Gasteiger partial charge >= 0.3 is 6.18 Å². The van der Waals surface area contributed by atoms with E-state index in [0.717, 1.165) is 27.1 Å². The van der Waals surface area contributed by atoms with Crippen LogP contribution in [0.5, 0.6) is 0 Å². The lowest BCUT2D eigenvalue weighted by molar-refractivity contribution is -0.182. The van der Waals surface area contributed by atoms with Gasteiger partial charge in [0.2, 0.25) is 0 Å². The highest BCUT2D eigenvalue weighted by molar-refractivity contribution is 5.99. The average Bonchev–Trinajstić information content (AvgIpc) is 3.51. The number of fused-ring (bicyclic) bond motifs is 1. The van der Waals surface area contributed by atoms with Crippen molar-refractivity contribution in [2.75, 3.05) is 17.2 Å². The highest BCUT2D eigenvalue weighted by atomic mass is 19.4. The SMILES string of the molecule is Cc1c(-c2ccn(C)n2)cccc1C(Nc1cc(C#N)c2ncc(C#N)c(NCC(C)(C)C)c2c1)c1cn(C2(C(F)(F)F)CC2)nn1. The molecule has 1 aliphatic rings. The number of nitriles is 2. The summed E-state index contributed by atoms with van der Waals surface area (Å²) in [6.45, 7) is 8.66. The molecule has 5 aromatic rings. The number of alkyl halides is 3. The summed E-state index contributed by atoms with van der Waals surface area (Å²) in [6.07, 6.45) is 0.0207. The van der Waals surface area contributed by atoms with Crippen LogP contribution in [-0.4, -0.2) is 42.5 Å². The molecule has 0 bridgehead atoms. The van der Waals surface area contributed by atoms with E-state index in [-0.39, 0.29) is 29.5 Å². The van der Waals surface area contributed by atoms with Crippen molar-refractivity contribution in [3.63, 3.8) is 0 Å². The number of benzene rings is 2. The summed E-state index contributed by atoms with van der Waals surface area (Å²) in [5, 5.41) is 40.2. The van der Waals surface area contributed by atoms with Gasteiger partial charge in [-0.1, -0.05) is 44.2 Å². The molecule has 6 rings (SSSR count). The lowest BCUT2D eigenvalue weighted by Crippen LogP contribution is -2.35. The fourth-order valence-corrected chi connectivity index (χ4v) is 5.76. The molecule has 1 atom stereocenters. The van der Waals surface area contributed by atoms with E-state index in [1.165, 1.54) is 12.4 Å². The summed E-state index contributed by atoms with van der Waals surface area (Å²) in [7, 11) is 1.82. The fourth-order valence-electron chi connectivity index (χ4n) is 5.76. The van der Waals surface area contributed by atoms with Crippen molar-refractivity contribution in [2.24, 2.45) is 12.5 Å². The van der Waals surface area contributed by atoms with Crippen molar-refractivity contribution < 1.29 is 13.2 Å². The highest BCUT2D eigenvalue weighted by Crippen LogP contribution is 2.55. The van der Waals surface area contributed by atoms with E-state index in [4.69, 9.17) is 0 Å². The van der Waals surface area contributed by atoms with Crippen molar-refractivity contribution in [3.05, 3.63) is 82.9 Å². The first-order chi connectivity index (χ1) is 22.2. The van der Waals surface area contributed by atoms with Crippen LogP contribution in [0.3, 0.4) is 0 Å². The molecule has 0 spiro atoms. The van der Waals surface area contributed by atoms with Gasteiger partial charge < -0.3 is 10.6 Å². The Morgan fingerprint density at radius 2 is 1.81 bits per heavy atom. The molecule has 240 valence electrons. The topological polar surface area (TPSA) is 133 Å². The summed E-state index contributed by atoms with van der Waals surface area (Å²) in [5.74, 6) is 0. The van der Waals surface area contributed by atoms with Crippen molar-refractivity contribution in [3.8, 4) is 23.4 Å². The van der Waals surface area contributed by atoms with Gasteiger partial charge in [-0.05, 0) is 54.5 Å². The normalized spacial score (nSPS) is 14.8. The molecule has 13 heteroatoms. The maximum absolute atomic E-state index is 14.1. The number of hydrogen-bond donors (Lipinski definition) is 2. The Morgan fingerprint density at radius 1 is 1.06 bits per heavy atom. The Balaban J connectivity index is 1.51. The van der Waals surface area contributed by atoms with E-state index < -0.39 is 17.8 Å². The molecule has 2 aromatic carbocycles. The van der Waals surface area contributed by atoms with Gasteiger partial charge in [0.15, 0.2) is 5.54 Å². The third kappa shape index (κ3) is 5.85. The number of halogens is 3. The van der Waals surface area contributed by atoms with Gasteiger partial charge in [0.1, 0.15) is 17.8 Å². The minimum Gasteiger partial charge on any atom is -0.383 e. The second kappa shape index (κ2) is 11.4. The van der Waals surface area contributed by atoms with Crippen LogP contribution in [0.4, 0.5) is 24.5 Å². The first kappa shape index (κ1) is 31.5. The van der Waals surface area contributed by atoms with Crippen molar-refractivity contribution in [2.45, 2.75) is 58.3 Å². The fraction of sp³-hybridized carbons (Fsp3) is 0.353. The Hall–Kier alpha value is -5.43. The highest BCUT2D eigenvalue weighted by Gasteiger charge is 2.66. The third-order valence-corrected chi connectivity index (χ3v) is 8.49. The van der Waals surface area contributed by atoms with Crippen LogP contribution in [0.2, 0.25) is 0 Å². The lowest BCUT2D eigenvalue weighted by atomic mass is 9.93. The lowest BCUT2D eigenvalue weighted by Gasteiger charge is -2.23. The van der Waals surface area contributed by atoms with Gasteiger partial charge in [-0.15, -0.1) is 5.10 Å². The van der Waals surface area contributed by atoms with Crippen LogP contribution >= 0.6 is 0 Å². The van der Waals surface area contributed by atoms with Crippen LogP contribution in [0.15, 0.2) is 55.0 Å². The summed E-state index contributed by atoms with van der Waals surface area (Å²) < 4.78 is 44.8. The van der Waals surface area contributed by atoms with Crippen molar-refractivity contribution >= 4 is 22.3 Å². The number of hydrogen-bond acceptors (Lipinski definition) is 8. The summed E-state index contributed by atoms with van der Waals surface area (Å²) in [6, 6.07) is 14.6. The molecule has 1 aliphatic carbocycles. The summed E-state index contributed by atoms with van der Waals surface area (Å²) in [5.41, 5.74) is 3.31. The number of rotatable bonds is 8. The molecular weight excluding hydrogens is 605 g/mol. The van der Waals surface area contributed by atoms with Gasteiger partial charge in [0.25, 0.3) is 0 Å². The van der Waals surface area contributed by atoms with Crippen LogP contribution in [0.1, 0.15) is 67.6 Å². The Labute approximate surface area is 269 Å². The van der Waals surface area contributed by atoms with E-state index >= 15 is 0 Å². The number of aryl methyl sites for hydroxylation is 1. The predicted molar refractivity (Wildman–Crippen MR) is 171 cm³/mol. The summed E-state index contributed by atoms with van der Waals surface area (Å²) in [4.78, 5) is 4.43. The number of anilines is 2. The molecule has 1 fully saturated rings. The Bertz CT molecular complexity index is 2070. The quantitative estimate of drug-likeness (QED) is 0.186. The molecule has 1 unspecified atom stereocenters. The summed E-state index contributed by atoms with van der Waals surface area (Å²) >= 11 is 0. The zero-order valence-electron chi connectivity index (χ0n) is 26.6. The van der Waals surface area contributed by atoms with Gasteiger partial charge in [-0.2, -0.15) is 28.8 Å². The van der Waals surface area contributed by atoms with Gasteiger partial charge in [0.05, 0.1) is 40.3 Å². The molecule has 3 aromatic heterocycles. The second-order valence-electron chi connectivity index (χ2n) is 13.2. The maximum atomic E-state index is 14.1. The van der Waals surface area contributed by atoms with Gasteiger partial charge in [-0.25, -0.2) is 4.68 Å². The van der Waals surface area contributed by atoms with E-state index in [1.807, 2.05) is 44.4 Å². The number of aromatic nitrogens is 6. The third-order valence-electron chi connectivity index (χ3n) is 8.49. The van der Waals surface area contributed by atoms with E-state index in [0.29, 0.717) is 34.4 Å². The number of nitrogens with zero attached hydrogens (tertiary/aromatic N) is 8. The van der Waals surface area contributed by atoms with Crippen LogP contribution in [0.25, 0.3) is 22.2 Å². The maximum Gasteiger partial charge on any atom is 0.413 e. The Kier molecular flexibility index (Phi) is 7.67. The molecule has 10 nitrogen and oxygen atoms in total. The Morgan fingerprint density at radius 3 is 2.43 bits per heavy atom. The molecule has 2 N–H and O–H groups in total. The van der Waals surface area contributed by atoms with Crippen LogP contribution in [-0.2, 0) is 12.6 Å². The smallest absolute Gasteiger partial charge is 0.383 e. The van der Waals surface area contributed by atoms with Crippen molar-refractivity contribution in [1.82, 2.24) is 29.8 Å². The van der Waals surface area contributed by atoms with Crippen LogP contribution in [0, 0.1) is 35.0 Å². The van der Waals surface area contributed by atoms with E-state index in [9.17, 15) is 23.7 Å². The average molecular weight is 639 g/mol. The molecule has 0 saturated heterocycles. The molecule has 3 heterocycles. The standard InChI is InChI=1S/C34H33F3N10/c1-20-24(27-9-12-46(5)44-27)7-6-8-25(20)31(28-18-47(45-43-28)33(10-11-33)34(35,36)37)42-23-13-21(15-38)29-26(14-23)30(22(16-39)17-40-29)41-19-32(2,3)4/h6-9,12-14,17-18,31,42H,10-11,19H2,1-5H3,(H,40,41). The van der Waals surface area contributed by atoms with Crippen molar-refractivity contribution in [1.29, 1.82) is 10.5 Å². The molecular formula is C34H33F3N10. The monoisotopic (exact) mass is 638 g/mol. The number of pyridine rings is 1. The molecule has 0 amide bonds. The first-order valence-electron chi connectivity index (χ1n) is 15.1. The minimum atomic E-state index is -4.47. The molecule has 1 saturated carbocycles. The van der Waals surface area contributed by atoms with Gasteiger partial charge in [0, 0.05) is 42.6 Å². The van der Waals surface area contributed by atoms with Gasteiger partial charge in [-0.3, -0.25) is 9.67 Å². The number of nitrogens with one attached hydrogen (secondary N) is 2. The zero-order chi connectivity index (χ0) is 33.7. The first-order valence-corrected chi connectivity index (χ1v) is 15.1. The minimum absolute atomic E-state index is 0.0691. The largest absolute Gasteiger partial charge is 0.413 e. The predicted octanol–water partition coefficient (Wildman–Crippen LogP) is 6.99. The molecule has 47 heavy (non-hydrogen) atoms. The van der Waals surface area contributed by atoms with Crippen LogP contribution < -0.4 is 10.6 Å². The molecule has 0 aliphatic heterocycles. The van der Waals surface area contributed by atoms with E-state index in [1.54, 1.807) is 16.8 Å². The van der Waals surface area contributed by atoms with E-state index in [2.05, 4.69) is 63.9 Å².